The van der Waals surface area contributed by atoms with Gasteiger partial charge in [0.25, 0.3) is 0 Å². The van der Waals surface area contributed by atoms with E-state index in [2.05, 4.69) is 12.3 Å². The van der Waals surface area contributed by atoms with Crippen LogP contribution in [0.15, 0.2) is 36.7 Å². The van der Waals surface area contributed by atoms with E-state index in [1.165, 1.54) is 10.8 Å². The predicted octanol–water partition coefficient (Wildman–Crippen LogP) is 2.32. The van der Waals surface area contributed by atoms with E-state index in [4.69, 9.17) is 11.6 Å². The average Bonchev–Trinajstić information content (AvgIpc) is 2.05. The van der Waals surface area contributed by atoms with Crippen molar-refractivity contribution in [2.45, 2.75) is 0 Å². The van der Waals surface area contributed by atoms with E-state index in [1.54, 1.807) is 0 Å². The number of hydrogen-bond acceptors (Lipinski definition) is 0. The van der Waals surface area contributed by atoms with Crippen molar-refractivity contribution < 1.29 is 4.57 Å². The highest BCUT2D eigenvalue weighted by molar-refractivity contribution is 6.31. The van der Waals surface area contributed by atoms with Gasteiger partial charge in [0, 0.05) is 16.5 Å². The van der Waals surface area contributed by atoms with E-state index in [0.717, 1.165) is 5.02 Å². The van der Waals surface area contributed by atoms with Crippen LogP contribution >= 0.6 is 11.6 Å². The van der Waals surface area contributed by atoms with Crippen molar-refractivity contribution in [2.24, 2.45) is 7.05 Å². The second-order valence-electron chi connectivity index (χ2n) is 2.88. The van der Waals surface area contributed by atoms with Crippen molar-refractivity contribution in [2.75, 3.05) is 0 Å². The molecule has 60 valence electrons. The maximum atomic E-state index is 5.85. The molecule has 2 heteroatoms. The number of fused-ring (bicyclic) bond motifs is 1. The van der Waals surface area contributed by atoms with Crippen LogP contribution in [-0.2, 0) is 7.05 Å². The van der Waals surface area contributed by atoms with Crippen LogP contribution in [0.5, 0.6) is 0 Å². The molecule has 1 nitrogen and oxygen atoms in total. The van der Waals surface area contributed by atoms with E-state index in [0.29, 0.717) is 0 Å². The van der Waals surface area contributed by atoms with Crippen LogP contribution in [0.4, 0.5) is 0 Å². The monoisotopic (exact) mass is 178 g/mol. The Morgan fingerprint density at radius 1 is 1.17 bits per heavy atom. The predicted molar refractivity (Wildman–Crippen MR) is 50.1 cm³/mol. The van der Waals surface area contributed by atoms with Crippen molar-refractivity contribution in [3.05, 3.63) is 41.7 Å². The summed E-state index contributed by atoms with van der Waals surface area (Å²) in [5.41, 5.74) is 0. The number of hydrogen-bond donors (Lipinski definition) is 0. The molecule has 0 spiro atoms. The lowest BCUT2D eigenvalue weighted by Crippen LogP contribution is -2.25. The fourth-order valence-corrected chi connectivity index (χ4v) is 1.45. The lowest BCUT2D eigenvalue weighted by Gasteiger charge is -1.95. The largest absolute Gasteiger partial charge is 0.207 e. The standard InChI is InChI=1S/C10H9ClN/c1-12-5-4-8-6-10(11)3-2-9(8)7-12/h2-7H,1H3/q+1. The Morgan fingerprint density at radius 2 is 2.00 bits per heavy atom. The third-order valence-corrected chi connectivity index (χ3v) is 2.12. The Morgan fingerprint density at radius 3 is 2.83 bits per heavy atom. The van der Waals surface area contributed by atoms with Gasteiger partial charge < -0.3 is 0 Å². The lowest BCUT2D eigenvalue weighted by atomic mass is 10.2. The number of aryl methyl sites for hydroxylation is 1. The summed E-state index contributed by atoms with van der Waals surface area (Å²) < 4.78 is 2.02. The van der Waals surface area contributed by atoms with Gasteiger partial charge in [-0.25, -0.2) is 4.57 Å². The van der Waals surface area contributed by atoms with Crippen LogP contribution < -0.4 is 4.57 Å². The van der Waals surface area contributed by atoms with Gasteiger partial charge in [0.05, 0.1) is 0 Å². The fraction of sp³-hybridized carbons (Fsp3) is 0.100. The lowest BCUT2D eigenvalue weighted by molar-refractivity contribution is -0.670. The minimum Gasteiger partial charge on any atom is -0.207 e. The molecule has 12 heavy (non-hydrogen) atoms. The molecule has 0 fully saturated rings. The minimum atomic E-state index is 0.788. The number of benzene rings is 1. The second kappa shape index (κ2) is 2.76. The summed E-state index contributed by atoms with van der Waals surface area (Å²) in [6, 6.07) is 7.96. The van der Waals surface area contributed by atoms with Crippen molar-refractivity contribution in [1.29, 1.82) is 0 Å². The molecule has 0 aliphatic rings. The molecule has 0 saturated heterocycles. The van der Waals surface area contributed by atoms with Gasteiger partial charge in [-0.3, -0.25) is 0 Å². The summed E-state index contributed by atoms with van der Waals surface area (Å²) in [5, 5.41) is 3.18. The van der Waals surface area contributed by atoms with Gasteiger partial charge in [0.15, 0.2) is 12.4 Å². The molecule has 0 unspecified atom stereocenters. The number of aromatic nitrogens is 1. The molecule has 0 amide bonds. The first kappa shape index (κ1) is 7.56. The van der Waals surface area contributed by atoms with E-state index in [1.807, 2.05) is 36.0 Å². The first-order valence-electron chi connectivity index (χ1n) is 3.80. The quantitative estimate of drug-likeness (QED) is 0.546. The zero-order chi connectivity index (χ0) is 8.55. The van der Waals surface area contributed by atoms with Gasteiger partial charge in [-0.1, -0.05) is 11.6 Å². The molecule has 0 N–H and O–H groups in total. The highest BCUT2D eigenvalue weighted by Gasteiger charge is 1.98. The van der Waals surface area contributed by atoms with Crippen LogP contribution in [0.3, 0.4) is 0 Å². The molecular formula is C10H9ClN+. The maximum absolute atomic E-state index is 5.85. The van der Waals surface area contributed by atoms with Gasteiger partial charge in [-0.15, -0.1) is 0 Å². The summed E-state index contributed by atoms with van der Waals surface area (Å²) in [7, 11) is 2.01. The molecule has 0 aliphatic carbocycles. The van der Waals surface area contributed by atoms with Crippen LogP contribution in [-0.4, -0.2) is 0 Å². The maximum Gasteiger partial charge on any atom is 0.176 e. The van der Waals surface area contributed by atoms with E-state index in [-0.39, 0.29) is 0 Å². The molecule has 2 aromatic rings. The Kier molecular flexibility index (Phi) is 1.74. The van der Waals surface area contributed by atoms with E-state index in [9.17, 15) is 0 Å². The molecule has 2 rings (SSSR count). The second-order valence-corrected chi connectivity index (χ2v) is 3.32. The van der Waals surface area contributed by atoms with Gasteiger partial charge in [0.2, 0.25) is 0 Å². The highest BCUT2D eigenvalue weighted by Crippen LogP contribution is 2.16. The van der Waals surface area contributed by atoms with Gasteiger partial charge in [0.1, 0.15) is 7.05 Å². The van der Waals surface area contributed by atoms with Crippen molar-refractivity contribution >= 4 is 22.4 Å². The van der Waals surface area contributed by atoms with Crippen LogP contribution in [0.1, 0.15) is 0 Å². The van der Waals surface area contributed by atoms with Crippen LogP contribution in [0.25, 0.3) is 10.8 Å². The van der Waals surface area contributed by atoms with Gasteiger partial charge >= 0.3 is 0 Å². The van der Waals surface area contributed by atoms with E-state index < -0.39 is 0 Å². The third kappa shape index (κ3) is 1.28. The molecule has 1 aromatic carbocycles. The Balaban J connectivity index is 2.79. The summed E-state index contributed by atoms with van der Waals surface area (Å²) in [4.78, 5) is 0. The van der Waals surface area contributed by atoms with Crippen LogP contribution in [0.2, 0.25) is 5.02 Å². The zero-order valence-corrected chi connectivity index (χ0v) is 7.55. The Labute approximate surface area is 76.2 Å². The molecule has 0 radical (unpaired) electrons. The first-order valence-corrected chi connectivity index (χ1v) is 4.18. The number of halogens is 1. The minimum absolute atomic E-state index is 0.788. The van der Waals surface area contributed by atoms with Crippen molar-refractivity contribution in [1.82, 2.24) is 0 Å². The molecule has 0 atom stereocenters. The fourth-order valence-electron chi connectivity index (χ4n) is 1.27. The summed E-state index contributed by atoms with van der Waals surface area (Å²) in [5.74, 6) is 0. The molecule has 0 bridgehead atoms. The molecule has 1 heterocycles. The summed E-state index contributed by atoms with van der Waals surface area (Å²) in [6.07, 6.45) is 4.09. The Bertz CT molecular complexity index is 382. The van der Waals surface area contributed by atoms with Crippen molar-refractivity contribution in [3.63, 3.8) is 0 Å². The SMILES string of the molecule is C[n+]1ccc2cc(Cl)ccc2c1. The zero-order valence-electron chi connectivity index (χ0n) is 6.79. The third-order valence-electron chi connectivity index (χ3n) is 1.88. The summed E-state index contributed by atoms with van der Waals surface area (Å²) >= 11 is 5.85. The van der Waals surface area contributed by atoms with Crippen LogP contribution in [0, 0.1) is 0 Å². The molecular weight excluding hydrogens is 170 g/mol. The number of rotatable bonds is 0. The van der Waals surface area contributed by atoms with Crippen molar-refractivity contribution in [3.8, 4) is 0 Å². The molecule has 0 saturated carbocycles. The average molecular weight is 179 g/mol. The highest BCUT2D eigenvalue weighted by atomic mass is 35.5. The van der Waals surface area contributed by atoms with Gasteiger partial charge in [-0.2, -0.15) is 0 Å². The van der Waals surface area contributed by atoms with E-state index >= 15 is 0 Å². The first-order chi connectivity index (χ1) is 5.75. The summed E-state index contributed by atoms with van der Waals surface area (Å²) in [6.45, 7) is 0. The molecule has 0 aliphatic heterocycles. The molecule has 1 aromatic heterocycles. The normalized spacial score (nSPS) is 10.5. The Hall–Kier alpha value is -1.08. The van der Waals surface area contributed by atoms with Gasteiger partial charge in [-0.05, 0) is 23.6 Å². The topological polar surface area (TPSA) is 3.88 Å². The smallest absolute Gasteiger partial charge is 0.176 e. The number of nitrogens with zero attached hydrogens (tertiary/aromatic N) is 1. The number of pyridine rings is 1.